The first-order valence-corrected chi connectivity index (χ1v) is 11.5. The van der Waals surface area contributed by atoms with Crippen LogP contribution in [0.1, 0.15) is 49.9 Å². The Hall–Kier alpha value is -2.88. The van der Waals surface area contributed by atoms with Crippen molar-refractivity contribution >= 4 is 40.3 Å². The number of carbonyl (C=O) groups excluding carboxylic acids is 2. The Morgan fingerprint density at radius 2 is 2.00 bits per heavy atom. The molecule has 9 nitrogen and oxygen atoms in total. The highest BCUT2D eigenvalue weighted by molar-refractivity contribution is 7.99. The summed E-state index contributed by atoms with van der Waals surface area (Å²) in [6, 6.07) is 5.25. The topological polar surface area (TPSA) is 124 Å². The van der Waals surface area contributed by atoms with Gasteiger partial charge in [-0.2, -0.15) is 0 Å². The van der Waals surface area contributed by atoms with Crippen LogP contribution in [0.5, 0.6) is 0 Å². The molecule has 0 saturated heterocycles. The van der Waals surface area contributed by atoms with Gasteiger partial charge in [-0.05, 0) is 37.0 Å². The smallest absolute Gasteiger partial charge is 0.262 e. The molecule has 2 heterocycles. The van der Waals surface area contributed by atoms with E-state index in [1.807, 2.05) is 13.8 Å². The number of rotatable bonds is 7. The van der Waals surface area contributed by atoms with Crippen molar-refractivity contribution in [3.63, 3.8) is 0 Å². The van der Waals surface area contributed by atoms with E-state index in [0.717, 1.165) is 37.4 Å². The second-order valence-electron chi connectivity index (χ2n) is 8.37. The van der Waals surface area contributed by atoms with E-state index in [4.69, 9.17) is 5.73 Å². The van der Waals surface area contributed by atoms with E-state index in [-0.39, 0.29) is 29.2 Å². The quantitative estimate of drug-likeness (QED) is 0.539. The number of hydrogen-bond donors (Lipinski definition) is 2. The lowest BCUT2D eigenvalue weighted by atomic mass is 10.1. The highest BCUT2D eigenvalue weighted by Gasteiger charge is 2.21. The van der Waals surface area contributed by atoms with Gasteiger partial charge < -0.3 is 11.1 Å². The van der Waals surface area contributed by atoms with Crippen molar-refractivity contribution in [2.24, 2.45) is 11.7 Å². The molecule has 0 aliphatic heterocycles. The first-order chi connectivity index (χ1) is 14.8. The van der Waals surface area contributed by atoms with E-state index >= 15 is 0 Å². The van der Waals surface area contributed by atoms with Crippen molar-refractivity contribution in [3.8, 4) is 0 Å². The Kier molecular flexibility index (Phi) is 5.99. The van der Waals surface area contributed by atoms with E-state index in [0.29, 0.717) is 33.9 Å². The van der Waals surface area contributed by atoms with Crippen molar-refractivity contribution in [2.75, 3.05) is 5.75 Å². The molecule has 1 aliphatic carbocycles. The summed E-state index contributed by atoms with van der Waals surface area (Å²) >= 11 is 1.15. The number of thioether (sulfide) groups is 1. The Balaban J connectivity index is 1.86. The fourth-order valence-corrected chi connectivity index (χ4v) is 4.70. The van der Waals surface area contributed by atoms with Gasteiger partial charge in [-0.25, -0.2) is 0 Å². The van der Waals surface area contributed by atoms with Crippen molar-refractivity contribution < 1.29 is 9.59 Å². The summed E-state index contributed by atoms with van der Waals surface area (Å²) in [6.07, 6.45) is 4.23. The number of nitrogens with two attached hydrogens (primary N) is 1. The van der Waals surface area contributed by atoms with E-state index in [2.05, 4.69) is 15.5 Å². The molecule has 164 valence electrons. The van der Waals surface area contributed by atoms with Crippen LogP contribution < -0.4 is 16.6 Å². The van der Waals surface area contributed by atoms with Crippen LogP contribution in [0.15, 0.2) is 28.2 Å². The van der Waals surface area contributed by atoms with E-state index in [9.17, 15) is 14.4 Å². The summed E-state index contributed by atoms with van der Waals surface area (Å²) in [5.74, 6) is -0.000695. The molecule has 10 heteroatoms. The van der Waals surface area contributed by atoms with Crippen LogP contribution in [0.4, 0.5) is 0 Å². The Labute approximate surface area is 183 Å². The second kappa shape index (κ2) is 8.70. The van der Waals surface area contributed by atoms with Gasteiger partial charge in [-0.15, -0.1) is 10.2 Å². The van der Waals surface area contributed by atoms with Gasteiger partial charge in [0.2, 0.25) is 11.7 Å². The molecule has 1 aromatic carbocycles. The molecule has 31 heavy (non-hydrogen) atoms. The zero-order valence-corrected chi connectivity index (χ0v) is 18.4. The third kappa shape index (κ3) is 4.30. The van der Waals surface area contributed by atoms with Gasteiger partial charge in [0.25, 0.3) is 11.5 Å². The van der Waals surface area contributed by atoms with Gasteiger partial charge in [0.15, 0.2) is 5.16 Å². The van der Waals surface area contributed by atoms with Crippen LogP contribution in [0.2, 0.25) is 0 Å². The maximum atomic E-state index is 13.2. The van der Waals surface area contributed by atoms with Crippen molar-refractivity contribution in [2.45, 2.75) is 57.3 Å². The fraction of sp³-hybridized carbons (Fsp3) is 0.476. The number of benzene rings is 1. The maximum Gasteiger partial charge on any atom is 0.262 e. The highest BCUT2D eigenvalue weighted by Crippen LogP contribution is 2.23. The largest absolute Gasteiger partial charge is 0.369 e. The van der Waals surface area contributed by atoms with E-state index < -0.39 is 5.91 Å². The number of primary amides is 1. The third-order valence-electron chi connectivity index (χ3n) is 5.42. The minimum Gasteiger partial charge on any atom is -0.369 e. The monoisotopic (exact) mass is 442 g/mol. The average molecular weight is 443 g/mol. The lowest BCUT2D eigenvalue weighted by Gasteiger charge is -2.15. The van der Waals surface area contributed by atoms with Crippen LogP contribution in [0.3, 0.4) is 0 Å². The summed E-state index contributed by atoms with van der Waals surface area (Å²) in [5, 5.41) is 12.4. The van der Waals surface area contributed by atoms with Crippen LogP contribution >= 0.6 is 11.8 Å². The van der Waals surface area contributed by atoms with Gasteiger partial charge in [-0.1, -0.05) is 38.5 Å². The second-order valence-corrected chi connectivity index (χ2v) is 9.31. The molecule has 0 unspecified atom stereocenters. The van der Waals surface area contributed by atoms with Gasteiger partial charge >= 0.3 is 0 Å². The molecule has 3 N–H and O–H groups in total. The molecule has 0 spiro atoms. The zero-order valence-electron chi connectivity index (χ0n) is 17.6. The maximum absolute atomic E-state index is 13.2. The van der Waals surface area contributed by atoms with Crippen LogP contribution in [0, 0.1) is 5.92 Å². The minimum atomic E-state index is -0.474. The molecule has 3 aromatic rings. The molecular formula is C21H26N6O3S. The predicted octanol–water partition coefficient (Wildman–Crippen LogP) is 1.95. The standard InChI is InChI=1S/C21H26N6O3S/c1-12(2)10-26-19(30)15-8-7-13(18(29)23-14-5-3-4-6-14)9-16(15)27-20(26)24-25-21(27)31-11-17(22)28/h7-9,12,14H,3-6,10-11H2,1-2H3,(H2,22,28)(H,23,29). The molecule has 1 saturated carbocycles. The van der Waals surface area contributed by atoms with Crippen LogP contribution in [-0.2, 0) is 11.3 Å². The summed E-state index contributed by atoms with van der Waals surface area (Å²) in [6.45, 7) is 4.51. The van der Waals surface area contributed by atoms with Gasteiger partial charge in [0.05, 0.1) is 16.7 Å². The van der Waals surface area contributed by atoms with Crippen LogP contribution in [0.25, 0.3) is 16.7 Å². The Morgan fingerprint density at radius 1 is 1.26 bits per heavy atom. The number of fused-ring (bicyclic) bond motifs is 3. The lowest BCUT2D eigenvalue weighted by molar-refractivity contribution is -0.115. The van der Waals surface area contributed by atoms with E-state index in [1.165, 1.54) is 0 Å². The van der Waals surface area contributed by atoms with E-state index in [1.54, 1.807) is 27.2 Å². The summed E-state index contributed by atoms with van der Waals surface area (Å²) in [5.41, 5.74) is 6.13. The highest BCUT2D eigenvalue weighted by atomic mass is 32.2. The van der Waals surface area contributed by atoms with Gasteiger partial charge in [0, 0.05) is 18.2 Å². The summed E-state index contributed by atoms with van der Waals surface area (Å²) in [4.78, 5) is 37.3. The van der Waals surface area contributed by atoms with Crippen molar-refractivity contribution in [3.05, 3.63) is 34.1 Å². The van der Waals surface area contributed by atoms with Gasteiger partial charge in [-0.3, -0.25) is 23.4 Å². The molecule has 0 bridgehead atoms. The number of carbonyl (C=O) groups is 2. The Morgan fingerprint density at radius 3 is 2.68 bits per heavy atom. The lowest BCUT2D eigenvalue weighted by Crippen LogP contribution is -2.32. The predicted molar refractivity (Wildman–Crippen MR) is 119 cm³/mol. The fourth-order valence-electron chi connectivity index (χ4n) is 4.02. The first kappa shape index (κ1) is 21.4. The molecule has 4 rings (SSSR count). The normalized spacial score (nSPS) is 14.7. The number of hydrogen-bond acceptors (Lipinski definition) is 6. The number of aromatic nitrogens is 4. The molecule has 1 aliphatic rings. The number of nitrogens with one attached hydrogen (secondary N) is 1. The average Bonchev–Trinajstić information content (AvgIpc) is 3.38. The number of nitrogens with zero attached hydrogens (tertiary/aromatic N) is 4. The molecular weight excluding hydrogens is 416 g/mol. The summed E-state index contributed by atoms with van der Waals surface area (Å²) in [7, 11) is 0. The summed E-state index contributed by atoms with van der Waals surface area (Å²) < 4.78 is 3.33. The SMILES string of the molecule is CC(C)Cn1c(=O)c2ccc(C(=O)NC3CCCC3)cc2n2c(SCC(N)=O)nnc12. The zero-order chi connectivity index (χ0) is 22.1. The molecule has 0 atom stereocenters. The Bertz CT molecular complexity index is 1210. The molecule has 2 amide bonds. The van der Waals surface area contributed by atoms with Crippen molar-refractivity contribution in [1.29, 1.82) is 0 Å². The molecule has 1 fully saturated rings. The molecule has 0 radical (unpaired) electrons. The van der Waals surface area contributed by atoms with Crippen LogP contribution in [-0.4, -0.2) is 42.8 Å². The third-order valence-corrected chi connectivity index (χ3v) is 6.37. The number of amides is 2. The van der Waals surface area contributed by atoms with Crippen molar-refractivity contribution in [1.82, 2.24) is 24.5 Å². The minimum absolute atomic E-state index is 0.0352. The van der Waals surface area contributed by atoms with Gasteiger partial charge in [0.1, 0.15) is 0 Å². The molecule has 2 aromatic heterocycles. The first-order valence-electron chi connectivity index (χ1n) is 10.5.